The van der Waals surface area contributed by atoms with Gasteiger partial charge in [0.25, 0.3) is 17.4 Å². The number of carbonyl (C=O) groups excluding carboxylic acids is 3. The molecule has 3 aromatic rings. The van der Waals surface area contributed by atoms with Crippen LogP contribution in [0.2, 0.25) is 0 Å². The number of benzene rings is 1. The van der Waals surface area contributed by atoms with E-state index in [0.29, 0.717) is 28.6 Å². The molecule has 0 saturated heterocycles. The molecule has 2 heterocycles. The van der Waals surface area contributed by atoms with Crippen LogP contribution in [0, 0.1) is 0 Å². The van der Waals surface area contributed by atoms with Crippen molar-refractivity contribution >= 4 is 39.8 Å². The van der Waals surface area contributed by atoms with Gasteiger partial charge < -0.3 is 5.32 Å². The van der Waals surface area contributed by atoms with Crippen LogP contribution in [0.4, 0.5) is 0 Å². The number of aromatic nitrogens is 2. The van der Waals surface area contributed by atoms with Gasteiger partial charge in [-0.25, -0.2) is 4.68 Å². The SMILES string of the molecule is CC(C)n1nc(C(=O)NNC(=O)CCCNC(=O)c2cccs2)c2ccccc2c1=O. The summed E-state index contributed by atoms with van der Waals surface area (Å²) in [6.07, 6.45) is 0.531. The molecule has 0 aliphatic rings. The first-order valence-corrected chi connectivity index (χ1v) is 10.7. The van der Waals surface area contributed by atoms with Crippen molar-refractivity contribution in [1.29, 1.82) is 0 Å². The van der Waals surface area contributed by atoms with E-state index in [-0.39, 0.29) is 29.6 Å². The smallest absolute Gasteiger partial charge is 0.290 e. The third kappa shape index (κ3) is 5.34. The van der Waals surface area contributed by atoms with E-state index in [2.05, 4.69) is 21.3 Å². The normalized spacial score (nSPS) is 10.8. The summed E-state index contributed by atoms with van der Waals surface area (Å²) >= 11 is 1.34. The lowest BCUT2D eigenvalue weighted by Crippen LogP contribution is -2.43. The van der Waals surface area contributed by atoms with Crippen LogP contribution >= 0.6 is 11.3 Å². The molecule has 3 amide bonds. The number of nitrogens with one attached hydrogen (secondary N) is 3. The molecule has 0 fully saturated rings. The number of hydrogen-bond donors (Lipinski definition) is 3. The molecule has 1 aromatic carbocycles. The van der Waals surface area contributed by atoms with Gasteiger partial charge in [0.15, 0.2) is 5.69 Å². The predicted molar refractivity (Wildman–Crippen MR) is 118 cm³/mol. The zero-order valence-corrected chi connectivity index (χ0v) is 18.0. The zero-order chi connectivity index (χ0) is 22.4. The van der Waals surface area contributed by atoms with Crippen molar-refractivity contribution in [2.75, 3.05) is 6.54 Å². The summed E-state index contributed by atoms with van der Waals surface area (Å²) in [5, 5.41) is 9.53. The Morgan fingerprint density at radius 2 is 1.77 bits per heavy atom. The molecular weight excluding hydrogens is 418 g/mol. The topological polar surface area (TPSA) is 122 Å². The summed E-state index contributed by atoms with van der Waals surface area (Å²) in [4.78, 5) is 49.7. The average molecular weight is 442 g/mol. The number of rotatable bonds is 7. The number of hydrogen-bond acceptors (Lipinski definition) is 6. The highest BCUT2D eigenvalue weighted by Crippen LogP contribution is 2.14. The van der Waals surface area contributed by atoms with Gasteiger partial charge in [-0.1, -0.05) is 24.3 Å². The molecule has 0 unspecified atom stereocenters. The lowest BCUT2D eigenvalue weighted by molar-refractivity contribution is -0.121. The summed E-state index contributed by atoms with van der Waals surface area (Å²) in [7, 11) is 0. The van der Waals surface area contributed by atoms with Gasteiger partial charge in [-0.05, 0) is 37.8 Å². The Labute approximate surface area is 182 Å². The van der Waals surface area contributed by atoms with Crippen molar-refractivity contribution in [1.82, 2.24) is 25.9 Å². The Morgan fingerprint density at radius 1 is 1.03 bits per heavy atom. The van der Waals surface area contributed by atoms with Gasteiger partial charge in [0.2, 0.25) is 5.91 Å². The summed E-state index contributed by atoms with van der Waals surface area (Å²) in [6.45, 7) is 3.93. The van der Waals surface area contributed by atoms with Crippen molar-refractivity contribution in [2.24, 2.45) is 0 Å². The molecule has 0 bridgehead atoms. The number of nitrogens with zero attached hydrogens (tertiary/aromatic N) is 2. The maximum atomic E-state index is 12.6. The Morgan fingerprint density at radius 3 is 2.45 bits per heavy atom. The minimum absolute atomic E-state index is 0.0485. The van der Waals surface area contributed by atoms with Crippen LogP contribution < -0.4 is 21.7 Å². The first-order valence-electron chi connectivity index (χ1n) is 9.81. The number of fused-ring (bicyclic) bond motifs is 1. The molecule has 0 radical (unpaired) electrons. The lowest BCUT2D eigenvalue weighted by Gasteiger charge is -2.13. The molecule has 2 aromatic heterocycles. The summed E-state index contributed by atoms with van der Waals surface area (Å²) in [5.74, 6) is -1.20. The summed E-state index contributed by atoms with van der Waals surface area (Å²) in [6, 6.07) is 9.99. The van der Waals surface area contributed by atoms with Gasteiger partial charge in [-0.15, -0.1) is 11.3 Å². The van der Waals surface area contributed by atoms with Crippen molar-refractivity contribution in [3.8, 4) is 0 Å². The molecule has 10 heteroatoms. The largest absolute Gasteiger partial charge is 0.351 e. The van der Waals surface area contributed by atoms with Crippen LogP contribution in [0.1, 0.15) is 52.9 Å². The number of amides is 3. The molecule has 0 saturated carbocycles. The van der Waals surface area contributed by atoms with Crippen molar-refractivity contribution in [2.45, 2.75) is 32.7 Å². The highest BCUT2D eigenvalue weighted by molar-refractivity contribution is 7.12. The number of hydrazine groups is 1. The highest BCUT2D eigenvalue weighted by atomic mass is 32.1. The van der Waals surface area contributed by atoms with Gasteiger partial charge in [0.05, 0.1) is 16.3 Å². The van der Waals surface area contributed by atoms with Gasteiger partial charge in [-0.3, -0.25) is 30.0 Å². The minimum Gasteiger partial charge on any atom is -0.351 e. The van der Waals surface area contributed by atoms with Crippen molar-refractivity contribution in [3.63, 3.8) is 0 Å². The maximum Gasteiger partial charge on any atom is 0.290 e. The van der Waals surface area contributed by atoms with E-state index in [1.54, 1.807) is 50.2 Å². The van der Waals surface area contributed by atoms with Gasteiger partial charge >= 0.3 is 0 Å². The fourth-order valence-electron chi connectivity index (χ4n) is 2.92. The first kappa shape index (κ1) is 22.2. The quantitative estimate of drug-likeness (QED) is 0.382. The van der Waals surface area contributed by atoms with E-state index < -0.39 is 11.8 Å². The molecule has 3 N–H and O–H groups in total. The van der Waals surface area contributed by atoms with Crippen LogP contribution in [0.5, 0.6) is 0 Å². The second-order valence-corrected chi connectivity index (χ2v) is 8.02. The molecule has 162 valence electrons. The van der Waals surface area contributed by atoms with Crippen molar-refractivity contribution < 1.29 is 14.4 Å². The van der Waals surface area contributed by atoms with Crippen LogP contribution in [0.25, 0.3) is 10.8 Å². The third-order valence-corrected chi connectivity index (χ3v) is 5.33. The van der Waals surface area contributed by atoms with E-state index in [0.717, 1.165) is 0 Å². The van der Waals surface area contributed by atoms with Gasteiger partial charge in [0, 0.05) is 18.4 Å². The second-order valence-electron chi connectivity index (χ2n) is 7.08. The Hall–Kier alpha value is -3.53. The van der Waals surface area contributed by atoms with Crippen LogP contribution in [0.15, 0.2) is 46.6 Å². The molecule has 9 nitrogen and oxygen atoms in total. The second kappa shape index (κ2) is 9.98. The van der Waals surface area contributed by atoms with Crippen LogP contribution in [-0.2, 0) is 4.79 Å². The monoisotopic (exact) mass is 441 g/mol. The molecular formula is C21H23N5O4S. The Balaban J connectivity index is 1.56. The Kier molecular flexibility index (Phi) is 7.14. The molecule has 3 rings (SSSR count). The molecule has 0 aliphatic heterocycles. The molecule has 31 heavy (non-hydrogen) atoms. The van der Waals surface area contributed by atoms with Gasteiger partial charge in [0.1, 0.15) is 0 Å². The van der Waals surface area contributed by atoms with Gasteiger partial charge in [-0.2, -0.15) is 5.10 Å². The van der Waals surface area contributed by atoms with E-state index in [1.807, 2.05) is 5.38 Å². The number of carbonyl (C=O) groups is 3. The third-order valence-electron chi connectivity index (χ3n) is 4.46. The minimum atomic E-state index is -0.620. The highest BCUT2D eigenvalue weighted by Gasteiger charge is 2.18. The number of thiophene rings is 1. The average Bonchev–Trinajstić information content (AvgIpc) is 3.30. The first-order chi connectivity index (χ1) is 14.9. The zero-order valence-electron chi connectivity index (χ0n) is 17.2. The van der Waals surface area contributed by atoms with Crippen LogP contribution in [0.3, 0.4) is 0 Å². The van der Waals surface area contributed by atoms with E-state index in [1.165, 1.54) is 16.0 Å². The van der Waals surface area contributed by atoms with E-state index >= 15 is 0 Å². The molecule has 0 aliphatic carbocycles. The molecule has 0 spiro atoms. The van der Waals surface area contributed by atoms with Crippen molar-refractivity contribution in [3.05, 3.63) is 62.7 Å². The van der Waals surface area contributed by atoms with E-state index in [9.17, 15) is 19.2 Å². The standard InChI is InChI=1S/C21H23N5O4S/c1-13(2)26-21(30)15-8-4-3-7-14(15)18(25-26)20(29)24-23-17(27)10-5-11-22-19(28)16-9-6-12-31-16/h3-4,6-9,12-13H,5,10-11H2,1-2H3,(H,22,28)(H,23,27)(H,24,29). The fraction of sp³-hybridized carbons (Fsp3) is 0.286. The summed E-state index contributed by atoms with van der Waals surface area (Å²) in [5.41, 5.74) is 4.46. The fourth-order valence-corrected chi connectivity index (χ4v) is 3.56. The van der Waals surface area contributed by atoms with E-state index in [4.69, 9.17) is 0 Å². The molecule has 0 atom stereocenters. The Bertz CT molecular complexity index is 1150. The maximum absolute atomic E-state index is 12.6. The lowest BCUT2D eigenvalue weighted by atomic mass is 10.1. The predicted octanol–water partition coefficient (Wildman–Crippen LogP) is 2.01. The summed E-state index contributed by atoms with van der Waals surface area (Å²) < 4.78 is 1.25. The van der Waals surface area contributed by atoms with Crippen LogP contribution in [-0.4, -0.2) is 34.0 Å².